The molecule has 10 heteroatoms. The Morgan fingerprint density at radius 3 is 2.94 bits per heavy atom. The smallest absolute Gasteiger partial charge is 0.341 e. The van der Waals surface area contributed by atoms with Crippen molar-refractivity contribution in [3.63, 3.8) is 0 Å². The van der Waals surface area contributed by atoms with Crippen molar-refractivity contribution < 1.29 is 23.4 Å². The van der Waals surface area contributed by atoms with Crippen LogP contribution in [0.3, 0.4) is 0 Å². The Hall–Kier alpha value is -3.27. The number of fused-ring (bicyclic) bond motifs is 1. The molecule has 1 aliphatic heterocycles. The van der Waals surface area contributed by atoms with Crippen LogP contribution in [0.5, 0.6) is 5.75 Å². The van der Waals surface area contributed by atoms with Crippen LogP contribution >= 0.6 is 0 Å². The number of ether oxygens (including phenoxy) is 3. The summed E-state index contributed by atoms with van der Waals surface area (Å²) < 4.78 is 32.1. The minimum Gasteiger partial charge on any atom is -0.487 e. The van der Waals surface area contributed by atoms with Gasteiger partial charge >= 0.3 is 5.97 Å². The Morgan fingerprint density at radius 1 is 1.35 bits per heavy atom. The van der Waals surface area contributed by atoms with E-state index in [0.29, 0.717) is 50.4 Å². The second kappa shape index (κ2) is 9.25. The van der Waals surface area contributed by atoms with Crippen molar-refractivity contribution in [3.05, 3.63) is 52.1 Å². The van der Waals surface area contributed by atoms with Crippen LogP contribution in [0.1, 0.15) is 35.9 Å². The second-order valence-electron chi connectivity index (χ2n) is 7.20. The van der Waals surface area contributed by atoms with Crippen molar-refractivity contribution in [2.45, 2.75) is 38.8 Å². The number of rotatable bonds is 7. The number of benzene rings is 1. The molecule has 0 unspecified atom stereocenters. The van der Waals surface area contributed by atoms with E-state index in [-0.39, 0.29) is 34.9 Å². The van der Waals surface area contributed by atoms with E-state index in [1.807, 2.05) is 0 Å². The maximum Gasteiger partial charge on any atom is 0.341 e. The summed E-state index contributed by atoms with van der Waals surface area (Å²) >= 11 is 0. The highest BCUT2D eigenvalue weighted by atomic mass is 19.1. The largest absolute Gasteiger partial charge is 0.487 e. The lowest BCUT2D eigenvalue weighted by Gasteiger charge is -2.23. The number of nitrogens with one attached hydrogen (secondary N) is 1. The topological polar surface area (TPSA) is 108 Å². The van der Waals surface area contributed by atoms with Gasteiger partial charge in [0.15, 0.2) is 11.6 Å². The zero-order valence-electron chi connectivity index (χ0n) is 17.1. The van der Waals surface area contributed by atoms with Gasteiger partial charge in [-0.05, 0) is 13.0 Å². The molecule has 0 amide bonds. The highest BCUT2D eigenvalue weighted by molar-refractivity contribution is 5.88. The quantitative estimate of drug-likeness (QED) is 0.573. The molecule has 3 aromatic rings. The molecule has 164 valence electrons. The molecular formula is C21H23FN4O5. The number of carbonyl (C=O) groups is 1. The van der Waals surface area contributed by atoms with Crippen molar-refractivity contribution in [2.75, 3.05) is 19.8 Å². The van der Waals surface area contributed by atoms with Crippen LogP contribution in [0.4, 0.5) is 4.39 Å². The third-order valence-electron chi connectivity index (χ3n) is 4.99. The number of hydrogen-bond acceptors (Lipinski definition) is 7. The zero-order chi connectivity index (χ0) is 21.8. The second-order valence-corrected chi connectivity index (χ2v) is 7.20. The number of H-pyrrole nitrogens is 1. The number of halogens is 1. The van der Waals surface area contributed by atoms with E-state index in [0.717, 1.165) is 0 Å². The van der Waals surface area contributed by atoms with Gasteiger partial charge in [0.2, 0.25) is 0 Å². The molecule has 9 nitrogen and oxygen atoms in total. The molecule has 0 spiro atoms. The predicted octanol–water partition coefficient (Wildman–Crippen LogP) is 2.24. The highest BCUT2D eigenvalue weighted by Crippen LogP contribution is 2.25. The number of esters is 1. The average molecular weight is 430 g/mol. The number of aromatic amines is 1. The first-order valence-electron chi connectivity index (χ1n) is 10.2. The fraction of sp³-hybridized carbons (Fsp3) is 0.429. The summed E-state index contributed by atoms with van der Waals surface area (Å²) in [5, 5.41) is 4.37. The zero-order valence-corrected chi connectivity index (χ0v) is 17.1. The highest BCUT2D eigenvalue weighted by Gasteiger charge is 2.19. The van der Waals surface area contributed by atoms with Crippen molar-refractivity contribution in [1.82, 2.24) is 19.7 Å². The van der Waals surface area contributed by atoms with Crippen molar-refractivity contribution in [2.24, 2.45) is 0 Å². The first-order chi connectivity index (χ1) is 15.0. The Kier molecular flexibility index (Phi) is 6.26. The summed E-state index contributed by atoms with van der Waals surface area (Å²) in [4.78, 5) is 31.4. The van der Waals surface area contributed by atoms with Gasteiger partial charge in [-0.15, -0.1) is 0 Å². The van der Waals surface area contributed by atoms with Crippen LogP contribution in [0, 0.1) is 5.82 Å². The Balaban J connectivity index is 1.49. The third-order valence-corrected chi connectivity index (χ3v) is 4.99. The van der Waals surface area contributed by atoms with Gasteiger partial charge in [0.1, 0.15) is 11.9 Å². The van der Waals surface area contributed by atoms with E-state index in [2.05, 4.69) is 15.1 Å². The number of aryl methyl sites for hydroxylation is 2. The van der Waals surface area contributed by atoms with Gasteiger partial charge in [-0.25, -0.2) is 14.2 Å². The van der Waals surface area contributed by atoms with Crippen molar-refractivity contribution >= 4 is 16.9 Å². The molecule has 1 aliphatic rings. The number of hydrogen-bond donors (Lipinski definition) is 1. The molecule has 0 radical (unpaired) electrons. The Bertz CT molecular complexity index is 1140. The molecule has 0 saturated carbocycles. The standard InChI is InChI=1S/C21H23FN4O5/c1-2-30-21(28)13-11-23-26(12-13)6-3-19-24-17-10-16(22)18(9-15(17)20(27)25-19)31-14-4-7-29-8-5-14/h9-12,14H,2-8H2,1H3,(H,24,25,27). The van der Waals surface area contributed by atoms with Gasteiger partial charge in [-0.2, -0.15) is 5.10 Å². The van der Waals surface area contributed by atoms with Crippen molar-refractivity contribution in [1.29, 1.82) is 0 Å². The van der Waals surface area contributed by atoms with Crippen LogP contribution < -0.4 is 10.3 Å². The summed E-state index contributed by atoms with van der Waals surface area (Å²) in [6, 6.07) is 2.62. The van der Waals surface area contributed by atoms with Gasteiger partial charge in [-0.3, -0.25) is 9.48 Å². The molecule has 0 bridgehead atoms. The van der Waals surface area contributed by atoms with E-state index in [1.165, 1.54) is 18.3 Å². The SMILES string of the molecule is CCOC(=O)c1cnn(CCc2nc3cc(F)c(OC4CCOCC4)cc3c(=O)[nH]2)c1. The summed E-state index contributed by atoms with van der Waals surface area (Å²) in [6.07, 6.45) is 4.55. The van der Waals surface area contributed by atoms with Crippen LogP contribution in [0.25, 0.3) is 10.9 Å². The fourth-order valence-electron chi connectivity index (χ4n) is 3.40. The van der Waals surface area contributed by atoms with E-state index in [4.69, 9.17) is 14.2 Å². The number of nitrogens with zero attached hydrogens (tertiary/aromatic N) is 3. The van der Waals surface area contributed by atoms with E-state index in [1.54, 1.807) is 17.8 Å². The van der Waals surface area contributed by atoms with Gasteiger partial charge in [0.25, 0.3) is 5.56 Å². The molecular weight excluding hydrogens is 407 g/mol. The summed E-state index contributed by atoms with van der Waals surface area (Å²) in [5.41, 5.74) is 0.230. The number of carbonyl (C=O) groups excluding carboxylic acids is 1. The molecule has 4 rings (SSSR count). The van der Waals surface area contributed by atoms with E-state index < -0.39 is 11.8 Å². The molecule has 0 aliphatic carbocycles. The van der Waals surface area contributed by atoms with Gasteiger partial charge < -0.3 is 19.2 Å². The monoisotopic (exact) mass is 430 g/mol. The van der Waals surface area contributed by atoms with E-state index in [9.17, 15) is 14.0 Å². The summed E-state index contributed by atoms with van der Waals surface area (Å²) in [6.45, 7) is 3.53. The lowest BCUT2D eigenvalue weighted by Crippen LogP contribution is -2.26. The minimum absolute atomic E-state index is 0.0440. The molecule has 3 heterocycles. The van der Waals surface area contributed by atoms with Crippen molar-refractivity contribution in [3.8, 4) is 5.75 Å². The van der Waals surface area contributed by atoms with Gasteiger partial charge in [-0.1, -0.05) is 0 Å². The third kappa shape index (κ3) is 4.91. The summed E-state index contributed by atoms with van der Waals surface area (Å²) in [7, 11) is 0. The molecule has 1 saturated heterocycles. The lowest BCUT2D eigenvalue weighted by molar-refractivity contribution is 0.0241. The first kappa shape index (κ1) is 21.0. The molecule has 1 aromatic carbocycles. The van der Waals surface area contributed by atoms with Gasteiger partial charge in [0, 0.05) is 38.1 Å². The fourth-order valence-corrected chi connectivity index (χ4v) is 3.40. The average Bonchev–Trinajstić information content (AvgIpc) is 3.23. The maximum absolute atomic E-state index is 14.6. The molecule has 31 heavy (non-hydrogen) atoms. The Labute approximate surface area is 177 Å². The molecule has 0 atom stereocenters. The molecule has 2 aromatic heterocycles. The maximum atomic E-state index is 14.6. The van der Waals surface area contributed by atoms with E-state index >= 15 is 0 Å². The van der Waals surface area contributed by atoms with Crippen LogP contribution in [0.2, 0.25) is 0 Å². The van der Waals surface area contributed by atoms with Crippen LogP contribution in [-0.2, 0) is 22.4 Å². The lowest BCUT2D eigenvalue weighted by atomic mass is 10.1. The molecule has 1 N–H and O–H groups in total. The normalized spacial score (nSPS) is 14.6. The predicted molar refractivity (Wildman–Crippen MR) is 109 cm³/mol. The molecule has 1 fully saturated rings. The summed E-state index contributed by atoms with van der Waals surface area (Å²) in [5.74, 6) is -0.569. The van der Waals surface area contributed by atoms with Crippen LogP contribution in [-0.4, -0.2) is 51.6 Å². The first-order valence-corrected chi connectivity index (χ1v) is 10.2. The van der Waals surface area contributed by atoms with Crippen LogP contribution in [0.15, 0.2) is 29.3 Å². The van der Waals surface area contributed by atoms with Gasteiger partial charge in [0.05, 0.1) is 42.5 Å². The minimum atomic E-state index is -0.561. The Morgan fingerprint density at radius 2 is 2.16 bits per heavy atom. The number of aromatic nitrogens is 4.